The highest BCUT2D eigenvalue weighted by Gasteiger charge is 2.18. The Bertz CT molecular complexity index is 693. The third-order valence-electron chi connectivity index (χ3n) is 3.04. The summed E-state index contributed by atoms with van der Waals surface area (Å²) in [5.41, 5.74) is 0.408. The number of ketones is 1. The molecule has 2 aromatic carbocycles. The molecule has 0 amide bonds. The monoisotopic (exact) mass is 290 g/mol. The summed E-state index contributed by atoms with van der Waals surface area (Å²) in [6, 6.07) is 6.72. The van der Waals surface area contributed by atoms with Crippen LogP contribution in [-0.4, -0.2) is 33.3 Å². The van der Waals surface area contributed by atoms with Crippen LogP contribution in [0.25, 0.3) is 0 Å². The molecule has 0 aliphatic carbocycles. The number of hydrogen-bond donors (Lipinski definition) is 4. The number of phenols is 4. The molecule has 4 N–H and O–H groups in total. The summed E-state index contributed by atoms with van der Waals surface area (Å²) in [7, 11) is 1.33. The van der Waals surface area contributed by atoms with Crippen molar-refractivity contribution >= 4 is 5.78 Å². The topological polar surface area (TPSA) is 107 Å². The van der Waals surface area contributed by atoms with E-state index >= 15 is 0 Å². The molecule has 0 fully saturated rings. The van der Waals surface area contributed by atoms with Crippen LogP contribution in [0.1, 0.15) is 15.9 Å². The van der Waals surface area contributed by atoms with Gasteiger partial charge in [-0.2, -0.15) is 0 Å². The summed E-state index contributed by atoms with van der Waals surface area (Å²) >= 11 is 0. The second-order valence-electron chi connectivity index (χ2n) is 4.44. The lowest BCUT2D eigenvalue weighted by atomic mass is 10.0. The Morgan fingerprint density at radius 2 is 1.71 bits per heavy atom. The SMILES string of the molecule is COc1ccc(C(=O)Cc2ccc(O)c(O)c2)c(O)c1O. The Labute approximate surface area is 120 Å². The first-order valence-corrected chi connectivity index (χ1v) is 6.07. The number of Topliss-reactive ketones (excluding diaryl/α,β-unsaturated/α-hetero) is 1. The van der Waals surface area contributed by atoms with Crippen molar-refractivity contribution in [2.45, 2.75) is 6.42 Å². The second-order valence-corrected chi connectivity index (χ2v) is 4.44. The Balaban J connectivity index is 2.28. The van der Waals surface area contributed by atoms with Gasteiger partial charge >= 0.3 is 0 Å². The molecule has 110 valence electrons. The number of methoxy groups -OCH3 is 1. The highest BCUT2D eigenvalue weighted by atomic mass is 16.5. The van der Waals surface area contributed by atoms with Gasteiger partial charge in [0.1, 0.15) is 0 Å². The van der Waals surface area contributed by atoms with Gasteiger partial charge in [0.15, 0.2) is 28.8 Å². The summed E-state index contributed by atoms with van der Waals surface area (Å²) in [5, 5.41) is 38.1. The summed E-state index contributed by atoms with van der Waals surface area (Å²) in [4.78, 5) is 12.1. The minimum absolute atomic E-state index is 0.0548. The van der Waals surface area contributed by atoms with E-state index in [9.17, 15) is 25.2 Å². The molecule has 0 atom stereocenters. The van der Waals surface area contributed by atoms with E-state index in [1.165, 1.54) is 37.4 Å². The smallest absolute Gasteiger partial charge is 0.201 e. The van der Waals surface area contributed by atoms with Crippen LogP contribution < -0.4 is 4.74 Å². The van der Waals surface area contributed by atoms with Crippen molar-refractivity contribution in [2.75, 3.05) is 7.11 Å². The van der Waals surface area contributed by atoms with Crippen molar-refractivity contribution in [3.8, 4) is 28.7 Å². The largest absolute Gasteiger partial charge is 0.504 e. The zero-order valence-corrected chi connectivity index (χ0v) is 11.2. The van der Waals surface area contributed by atoms with E-state index in [1.807, 2.05) is 0 Å². The van der Waals surface area contributed by atoms with Gasteiger partial charge in [-0.3, -0.25) is 4.79 Å². The average molecular weight is 290 g/mol. The summed E-state index contributed by atoms with van der Waals surface area (Å²) in [5.74, 6) is -2.06. The maximum absolute atomic E-state index is 12.1. The Kier molecular flexibility index (Phi) is 3.89. The van der Waals surface area contributed by atoms with Crippen LogP contribution in [0.2, 0.25) is 0 Å². The second kappa shape index (κ2) is 5.62. The fraction of sp³-hybridized carbons (Fsp3) is 0.133. The van der Waals surface area contributed by atoms with E-state index in [1.54, 1.807) is 0 Å². The summed E-state index contributed by atoms with van der Waals surface area (Å²) in [6.45, 7) is 0. The van der Waals surface area contributed by atoms with Crippen LogP contribution in [0.4, 0.5) is 0 Å². The van der Waals surface area contributed by atoms with Crippen molar-refractivity contribution in [3.05, 3.63) is 41.5 Å². The van der Waals surface area contributed by atoms with E-state index in [0.717, 1.165) is 0 Å². The van der Waals surface area contributed by atoms with Gasteiger partial charge in [-0.25, -0.2) is 0 Å². The molecule has 0 unspecified atom stereocenters. The van der Waals surface area contributed by atoms with Crippen molar-refractivity contribution in [1.82, 2.24) is 0 Å². The Hall–Kier alpha value is -2.89. The fourth-order valence-electron chi connectivity index (χ4n) is 1.91. The molecule has 2 aromatic rings. The molecule has 0 radical (unpaired) electrons. The van der Waals surface area contributed by atoms with Gasteiger partial charge in [0, 0.05) is 6.42 Å². The number of aromatic hydroxyl groups is 4. The van der Waals surface area contributed by atoms with E-state index < -0.39 is 17.3 Å². The maximum Gasteiger partial charge on any atom is 0.201 e. The van der Waals surface area contributed by atoms with Crippen molar-refractivity contribution in [2.24, 2.45) is 0 Å². The Morgan fingerprint density at radius 1 is 1.00 bits per heavy atom. The van der Waals surface area contributed by atoms with Crippen molar-refractivity contribution in [3.63, 3.8) is 0 Å². The van der Waals surface area contributed by atoms with Crippen LogP contribution in [0.15, 0.2) is 30.3 Å². The first kappa shape index (κ1) is 14.5. The number of benzene rings is 2. The molecule has 0 heterocycles. The average Bonchev–Trinajstić information content (AvgIpc) is 2.45. The molecule has 0 aliphatic heterocycles. The van der Waals surface area contributed by atoms with Crippen LogP contribution in [0.5, 0.6) is 28.7 Å². The quantitative estimate of drug-likeness (QED) is 0.506. The van der Waals surface area contributed by atoms with E-state index in [2.05, 4.69) is 0 Å². The fourth-order valence-corrected chi connectivity index (χ4v) is 1.91. The molecular weight excluding hydrogens is 276 g/mol. The molecule has 0 bridgehead atoms. The summed E-state index contributed by atoms with van der Waals surface area (Å²) < 4.78 is 4.83. The predicted octanol–water partition coefficient (Wildman–Crippen LogP) is 1.94. The van der Waals surface area contributed by atoms with Gasteiger partial charge in [0.25, 0.3) is 0 Å². The third kappa shape index (κ3) is 2.84. The zero-order valence-electron chi connectivity index (χ0n) is 11.2. The molecule has 0 spiro atoms. The highest BCUT2D eigenvalue weighted by molar-refractivity contribution is 6.01. The van der Waals surface area contributed by atoms with Gasteiger partial charge in [-0.05, 0) is 29.8 Å². The van der Waals surface area contributed by atoms with Crippen molar-refractivity contribution in [1.29, 1.82) is 0 Å². The van der Waals surface area contributed by atoms with Gasteiger partial charge in [0.05, 0.1) is 12.7 Å². The molecular formula is C15H14O6. The number of rotatable bonds is 4. The normalized spacial score (nSPS) is 10.3. The molecule has 0 saturated heterocycles. The number of carbonyl (C=O) groups is 1. The van der Waals surface area contributed by atoms with E-state index in [-0.39, 0.29) is 29.2 Å². The van der Waals surface area contributed by atoms with E-state index in [0.29, 0.717) is 5.56 Å². The number of ether oxygens (including phenoxy) is 1. The zero-order chi connectivity index (χ0) is 15.6. The van der Waals surface area contributed by atoms with Gasteiger partial charge < -0.3 is 25.2 Å². The van der Waals surface area contributed by atoms with E-state index in [4.69, 9.17) is 4.74 Å². The van der Waals surface area contributed by atoms with Gasteiger partial charge in [0.2, 0.25) is 5.75 Å². The van der Waals surface area contributed by atoms with Crippen LogP contribution in [0.3, 0.4) is 0 Å². The predicted molar refractivity (Wildman–Crippen MR) is 74.1 cm³/mol. The standard InChI is InChI=1S/C15H14O6/c1-21-13-5-3-9(14(19)15(13)20)11(17)6-8-2-4-10(16)12(18)7-8/h2-5,7,16,18-20H,6H2,1H3. The minimum Gasteiger partial charge on any atom is -0.504 e. The lowest BCUT2D eigenvalue weighted by Gasteiger charge is -2.09. The lowest BCUT2D eigenvalue weighted by molar-refractivity contribution is 0.0989. The molecule has 0 saturated carbocycles. The molecule has 0 aromatic heterocycles. The molecule has 6 nitrogen and oxygen atoms in total. The Morgan fingerprint density at radius 3 is 2.33 bits per heavy atom. The first-order valence-electron chi connectivity index (χ1n) is 6.07. The molecule has 6 heteroatoms. The number of carbonyl (C=O) groups excluding carboxylic acids is 1. The third-order valence-corrected chi connectivity index (χ3v) is 3.04. The summed E-state index contributed by atoms with van der Waals surface area (Å²) in [6.07, 6.45) is -0.104. The minimum atomic E-state index is -0.553. The van der Waals surface area contributed by atoms with Crippen molar-refractivity contribution < 1.29 is 30.0 Å². The first-order chi connectivity index (χ1) is 9.93. The molecule has 21 heavy (non-hydrogen) atoms. The lowest BCUT2D eigenvalue weighted by Crippen LogP contribution is -2.04. The maximum atomic E-state index is 12.1. The molecule has 0 aliphatic rings. The van der Waals surface area contributed by atoms with Crippen LogP contribution in [-0.2, 0) is 6.42 Å². The van der Waals surface area contributed by atoms with Gasteiger partial charge in [-0.15, -0.1) is 0 Å². The number of phenolic OH excluding ortho intramolecular Hbond substituents is 4. The van der Waals surface area contributed by atoms with Crippen LogP contribution >= 0.6 is 0 Å². The van der Waals surface area contributed by atoms with Crippen LogP contribution in [0, 0.1) is 0 Å². The molecule has 2 rings (SSSR count). The van der Waals surface area contributed by atoms with Gasteiger partial charge in [-0.1, -0.05) is 6.07 Å². The highest BCUT2D eigenvalue weighted by Crippen LogP contribution is 2.38. The number of hydrogen-bond acceptors (Lipinski definition) is 6.